The third-order valence-electron chi connectivity index (χ3n) is 6.52. The predicted octanol–water partition coefficient (Wildman–Crippen LogP) is 2.98. The van der Waals surface area contributed by atoms with Crippen LogP contribution in [-0.4, -0.2) is 46.5 Å². The van der Waals surface area contributed by atoms with Crippen molar-refractivity contribution in [1.29, 1.82) is 0 Å². The highest BCUT2D eigenvalue weighted by Crippen LogP contribution is 2.45. The lowest BCUT2D eigenvalue weighted by Crippen LogP contribution is -2.66. The van der Waals surface area contributed by atoms with Crippen molar-refractivity contribution in [2.75, 3.05) is 24.8 Å². The van der Waals surface area contributed by atoms with E-state index < -0.39 is 40.9 Å². The monoisotopic (exact) mass is 483 g/mol. The van der Waals surface area contributed by atoms with Crippen LogP contribution in [0.2, 0.25) is 0 Å². The number of hydrogen-bond acceptors (Lipinski definition) is 6. The Morgan fingerprint density at radius 3 is 2.71 bits per heavy atom. The topological polar surface area (TPSA) is 75.0 Å². The molecule has 0 unspecified atom stereocenters. The van der Waals surface area contributed by atoms with E-state index in [-0.39, 0.29) is 25.5 Å². The summed E-state index contributed by atoms with van der Waals surface area (Å²) in [7, 11) is 0. The zero-order valence-corrected chi connectivity index (χ0v) is 18.6. The molecule has 0 aliphatic carbocycles. The van der Waals surface area contributed by atoms with Crippen LogP contribution in [-0.2, 0) is 10.5 Å². The van der Waals surface area contributed by atoms with Gasteiger partial charge in [-0.2, -0.15) is 0 Å². The first kappa shape index (κ1) is 21.2. The van der Waals surface area contributed by atoms with Crippen LogP contribution in [0.3, 0.4) is 0 Å². The molecule has 0 saturated carbocycles. The molecule has 3 aliphatic heterocycles. The number of morpholine rings is 1. The lowest BCUT2D eigenvalue weighted by atomic mass is 9.93. The first-order chi connectivity index (χ1) is 16.5. The minimum Gasteiger partial charge on any atom is -0.502 e. The van der Waals surface area contributed by atoms with E-state index in [0.717, 1.165) is 6.07 Å². The smallest absolute Gasteiger partial charge is 0.278 e. The lowest BCUT2D eigenvalue weighted by molar-refractivity contribution is -0.0198. The zero-order chi connectivity index (χ0) is 23.6. The van der Waals surface area contributed by atoms with Crippen LogP contribution in [0.4, 0.5) is 8.78 Å². The predicted molar refractivity (Wildman–Crippen MR) is 120 cm³/mol. The molecule has 3 aliphatic rings. The van der Waals surface area contributed by atoms with Crippen molar-refractivity contribution in [2.24, 2.45) is 0 Å². The maximum atomic E-state index is 15.5. The number of aromatic nitrogens is 1. The van der Waals surface area contributed by atoms with Crippen LogP contribution < -0.4 is 10.4 Å². The molecule has 0 bridgehead atoms. The Balaban J connectivity index is 1.69. The molecule has 10 heteroatoms. The number of nitrogens with zero attached hydrogens (tertiary/aromatic N) is 3. The number of ether oxygens (including phenoxy) is 1. The fourth-order valence-electron chi connectivity index (χ4n) is 5.02. The van der Waals surface area contributed by atoms with Crippen molar-refractivity contribution in [3.8, 4) is 5.75 Å². The number of carbonyl (C=O) groups is 1. The second kappa shape index (κ2) is 7.85. The molecule has 4 heterocycles. The van der Waals surface area contributed by atoms with E-state index in [0.29, 0.717) is 27.3 Å². The van der Waals surface area contributed by atoms with Crippen LogP contribution in [0, 0.1) is 11.6 Å². The first-order valence-electron chi connectivity index (χ1n) is 10.8. The number of halogens is 2. The van der Waals surface area contributed by atoms with Crippen LogP contribution in [0.5, 0.6) is 5.75 Å². The molecule has 7 nitrogen and oxygen atoms in total. The number of hydrogen-bond donors (Lipinski definition) is 1. The van der Waals surface area contributed by atoms with Gasteiger partial charge in [0.05, 0.1) is 13.2 Å². The Hall–Kier alpha value is -3.37. The van der Waals surface area contributed by atoms with E-state index in [1.807, 2.05) is 0 Å². The van der Waals surface area contributed by atoms with Gasteiger partial charge < -0.3 is 14.7 Å². The number of rotatable bonds is 1. The Bertz CT molecular complexity index is 1400. The van der Waals surface area contributed by atoms with E-state index in [1.165, 1.54) is 39.7 Å². The van der Waals surface area contributed by atoms with Gasteiger partial charge >= 0.3 is 0 Å². The molecular weight excluding hydrogens is 464 g/mol. The van der Waals surface area contributed by atoms with E-state index in [1.54, 1.807) is 29.3 Å². The van der Waals surface area contributed by atoms with Crippen molar-refractivity contribution in [2.45, 2.75) is 22.9 Å². The Labute approximate surface area is 197 Å². The Morgan fingerprint density at radius 2 is 1.85 bits per heavy atom. The molecule has 0 radical (unpaired) electrons. The van der Waals surface area contributed by atoms with Crippen molar-refractivity contribution >= 4 is 17.7 Å². The normalized spacial score (nSPS) is 21.3. The molecular formula is C24H19F2N3O4S. The standard InChI is InChI=1S/C24H19F2N3O4S/c25-15-5-1-3-13-12-34-23-14(4-2-6-16(23)26)20(19(13)15)29-18-11-33-10-9-27(18)24(32)21-22(31)17(30)7-8-28(21)29/h1-8,18,20,31H,9-12H2/t18-,20-/m1/s1. The number of pyridine rings is 1. The van der Waals surface area contributed by atoms with Gasteiger partial charge in [0.1, 0.15) is 23.8 Å². The zero-order valence-electron chi connectivity index (χ0n) is 17.8. The van der Waals surface area contributed by atoms with Gasteiger partial charge in [0.25, 0.3) is 5.91 Å². The van der Waals surface area contributed by atoms with Crippen LogP contribution >= 0.6 is 11.8 Å². The van der Waals surface area contributed by atoms with Crippen molar-refractivity contribution < 1.29 is 23.4 Å². The second-order valence-corrected chi connectivity index (χ2v) is 9.30. The summed E-state index contributed by atoms with van der Waals surface area (Å²) >= 11 is 1.28. The summed E-state index contributed by atoms with van der Waals surface area (Å²) in [5, 5.41) is 12.3. The average Bonchev–Trinajstić information content (AvgIpc) is 3.00. The molecule has 1 saturated heterocycles. The first-order valence-corrected chi connectivity index (χ1v) is 11.8. The molecule has 3 aromatic rings. The summed E-state index contributed by atoms with van der Waals surface area (Å²) in [4.78, 5) is 27.5. The lowest BCUT2D eigenvalue weighted by Gasteiger charge is -2.51. The molecule has 1 amide bonds. The van der Waals surface area contributed by atoms with Crippen molar-refractivity contribution in [1.82, 2.24) is 9.58 Å². The summed E-state index contributed by atoms with van der Waals surface area (Å²) < 4.78 is 37.6. The highest BCUT2D eigenvalue weighted by Gasteiger charge is 2.46. The van der Waals surface area contributed by atoms with Crippen LogP contribution in [0.25, 0.3) is 0 Å². The van der Waals surface area contributed by atoms with Crippen LogP contribution in [0.1, 0.15) is 33.2 Å². The largest absolute Gasteiger partial charge is 0.502 e. The molecule has 2 aromatic carbocycles. The summed E-state index contributed by atoms with van der Waals surface area (Å²) in [6, 6.07) is 9.74. The number of amides is 1. The Morgan fingerprint density at radius 1 is 1.06 bits per heavy atom. The molecule has 2 atom stereocenters. The van der Waals surface area contributed by atoms with Crippen LogP contribution in [0.15, 0.2) is 58.4 Å². The maximum Gasteiger partial charge on any atom is 0.278 e. The number of benzene rings is 2. The molecule has 1 aromatic heterocycles. The fourth-order valence-corrected chi connectivity index (χ4v) is 6.12. The van der Waals surface area contributed by atoms with Gasteiger partial charge in [-0.3, -0.25) is 19.3 Å². The van der Waals surface area contributed by atoms with E-state index in [4.69, 9.17) is 4.74 Å². The summed E-state index contributed by atoms with van der Waals surface area (Å²) in [6.07, 6.45) is 0.714. The second-order valence-electron chi connectivity index (χ2n) is 8.32. The van der Waals surface area contributed by atoms with Gasteiger partial charge in [-0.1, -0.05) is 24.3 Å². The van der Waals surface area contributed by atoms with E-state index in [2.05, 4.69) is 0 Å². The van der Waals surface area contributed by atoms with Gasteiger partial charge in [0, 0.05) is 35.0 Å². The van der Waals surface area contributed by atoms with Gasteiger partial charge in [0.15, 0.2) is 11.4 Å². The van der Waals surface area contributed by atoms with Crippen molar-refractivity contribution in [3.63, 3.8) is 0 Å². The molecule has 174 valence electrons. The summed E-state index contributed by atoms with van der Waals surface area (Å²) in [5.41, 5.74) is 0.665. The average molecular weight is 483 g/mol. The molecule has 1 fully saturated rings. The van der Waals surface area contributed by atoms with Gasteiger partial charge in [-0.15, -0.1) is 11.8 Å². The van der Waals surface area contributed by atoms with Gasteiger partial charge in [-0.25, -0.2) is 8.78 Å². The highest BCUT2D eigenvalue weighted by atomic mass is 32.2. The van der Waals surface area contributed by atoms with Crippen molar-refractivity contribution in [3.05, 3.63) is 92.9 Å². The van der Waals surface area contributed by atoms with Gasteiger partial charge in [0.2, 0.25) is 5.43 Å². The van der Waals surface area contributed by atoms with E-state index in [9.17, 15) is 14.7 Å². The fraction of sp³-hybridized carbons (Fsp3) is 0.250. The van der Waals surface area contributed by atoms with E-state index >= 15 is 8.78 Å². The molecule has 0 spiro atoms. The maximum absolute atomic E-state index is 15.5. The van der Waals surface area contributed by atoms with Gasteiger partial charge in [-0.05, 0) is 23.3 Å². The third kappa shape index (κ3) is 2.98. The molecule has 34 heavy (non-hydrogen) atoms. The number of thioether (sulfide) groups is 1. The summed E-state index contributed by atoms with van der Waals surface area (Å²) in [5.74, 6) is -1.73. The number of fused-ring (bicyclic) bond motifs is 4. The SMILES string of the molecule is O=C1c2c(O)c(=O)ccn2N([C@@H]2c3cccc(F)c3SCc3cccc(F)c32)[C@@H]2COCCN12. The third-order valence-corrected chi connectivity index (χ3v) is 7.69. The summed E-state index contributed by atoms with van der Waals surface area (Å²) in [6.45, 7) is 0.630. The highest BCUT2D eigenvalue weighted by molar-refractivity contribution is 7.98. The molecule has 1 N–H and O–H groups in total. The quantitative estimate of drug-likeness (QED) is 0.574. The number of carbonyl (C=O) groups excluding carboxylic acids is 1. The Kier molecular flexibility index (Phi) is 4.89. The number of aromatic hydroxyl groups is 1. The molecule has 6 rings (SSSR count). The minimum absolute atomic E-state index is 0.121. The minimum atomic E-state index is -0.861.